The fraction of sp³-hybridized carbons (Fsp3) is 0.560. The van der Waals surface area contributed by atoms with E-state index in [0.717, 1.165) is 11.4 Å². The van der Waals surface area contributed by atoms with Gasteiger partial charge in [-0.05, 0) is 31.0 Å². The van der Waals surface area contributed by atoms with Gasteiger partial charge in [-0.25, -0.2) is 4.98 Å². The maximum absolute atomic E-state index is 12.7. The van der Waals surface area contributed by atoms with Crippen molar-refractivity contribution in [3.63, 3.8) is 0 Å². The Bertz CT molecular complexity index is 998. The van der Waals surface area contributed by atoms with Crippen molar-refractivity contribution < 1.29 is 24.5 Å². The molecule has 184 valence electrons. The molecule has 0 unspecified atom stereocenters. The molecule has 34 heavy (non-hydrogen) atoms. The van der Waals surface area contributed by atoms with E-state index in [-0.39, 0.29) is 17.9 Å². The molecule has 0 bridgehead atoms. The Kier molecular flexibility index (Phi) is 6.95. The molecule has 2 saturated heterocycles. The SMILES string of the molecule is CC[C@H](O)C(=O)N1C[C@@H](c2ccc(OC)c(OC3CN(c4cnccn4)C3)c2)[C@](C)([C@@H](C)O)C1. The van der Waals surface area contributed by atoms with Gasteiger partial charge in [0.2, 0.25) is 0 Å². The molecule has 1 aromatic heterocycles. The Balaban J connectivity index is 1.53. The van der Waals surface area contributed by atoms with Crippen molar-refractivity contribution in [2.75, 3.05) is 38.2 Å². The molecule has 3 heterocycles. The van der Waals surface area contributed by atoms with Crippen LogP contribution in [0, 0.1) is 5.41 Å². The lowest BCUT2D eigenvalue weighted by atomic mass is 9.72. The number of hydrogen-bond donors (Lipinski definition) is 2. The third-order valence-corrected chi connectivity index (χ3v) is 7.27. The average molecular weight is 471 g/mol. The summed E-state index contributed by atoms with van der Waals surface area (Å²) in [5.74, 6) is 1.68. The lowest BCUT2D eigenvalue weighted by Crippen LogP contribution is -2.54. The second kappa shape index (κ2) is 9.76. The fourth-order valence-corrected chi connectivity index (χ4v) is 4.81. The van der Waals surface area contributed by atoms with Gasteiger partial charge in [-0.3, -0.25) is 9.78 Å². The molecule has 9 nitrogen and oxygen atoms in total. The first-order valence-corrected chi connectivity index (χ1v) is 11.8. The fourth-order valence-electron chi connectivity index (χ4n) is 4.81. The smallest absolute Gasteiger partial charge is 0.251 e. The minimum Gasteiger partial charge on any atom is -0.493 e. The highest BCUT2D eigenvalue weighted by Crippen LogP contribution is 2.47. The minimum atomic E-state index is -1.03. The number of ether oxygens (including phenoxy) is 2. The van der Waals surface area contributed by atoms with Crippen molar-refractivity contribution in [3.8, 4) is 11.5 Å². The Hall–Kier alpha value is -2.91. The summed E-state index contributed by atoms with van der Waals surface area (Å²) in [6.45, 7) is 7.71. The number of carbonyl (C=O) groups excluding carboxylic acids is 1. The molecule has 2 fully saturated rings. The minimum absolute atomic E-state index is 0.0179. The molecule has 0 spiro atoms. The molecule has 0 radical (unpaired) electrons. The molecule has 0 saturated carbocycles. The third-order valence-electron chi connectivity index (χ3n) is 7.27. The van der Waals surface area contributed by atoms with E-state index in [1.54, 1.807) is 44.4 Å². The summed E-state index contributed by atoms with van der Waals surface area (Å²) in [5, 5.41) is 20.8. The first kappa shape index (κ1) is 24.2. The Morgan fingerprint density at radius 2 is 2.00 bits per heavy atom. The second-order valence-electron chi connectivity index (χ2n) is 9.50. The number of aliphatic hydroxyl groups is 2. The number of likely N-dealkylation sites (tertiary alicyclic amines) is 1. The van der Waals surface area contributed by atoms with E-state index >= 15 is 0 Å². The highest BCUT2D eigenvalue weighted by Gasteiger charge is 2.49. The van der Waals surface area contributed by atoms with Crippen molar-refractivity contribution >= 4 is 11.7 Å². The van der Waals surface area contributed by atoms with Crippen LogP contribution < -0.4 is 14.4 Å². The van der Waals surface area contributed by atoms with Crippen LogP contribution in [0.25, 0.3) is 0 Å². The van der Waals surface area contributed by atoms with Gasteiger partial charge in [-0.2, -0.15) is 0 Å². The van der Waals surface area contributed by atoms with Crippen LogP contribution in [-0.4, -0.2) is 82.6 Å². The van der Waals surface area contributed by atoms with Crippen LogP contribution in [0.1, 0.15) is 38.7 Å². The van der Waals surface area contributed by atoms with E-state index in [1.165, 1.54) is 0 Å². The lowest BCUT2D eigenvalue weighted by molar-refractivity contribution is -0.139. The molecule has 2 aliphatic rings. The zero-order chi connectivity index (χ0) is 24.5. The Labute approximate surface area is 200 Å². The molecule has 1 amide bonds. The number of methoxy groups -OCH3 is 1. The maximum atomic E-state index is 12.7. The highest BCUT2D eigenvalue weighted by molar-refractivity contribution is 5.81. The number of rotatable bonds is 8. The van der Waals surface area contributed by atoms with E-state index in [1.807, 2.05) is 25.1 Å². The lowest BCUT2D eigenvalue weighted by Gasteiger charge is -2.40. The van der Waals surface area contributed by atoms with Crippen molar-refractivity contribution in [2.45, 2.75) is 51.4 Å². The number of benzene rings is 1. The van der Waals surface area contributed by atoms with E-state index in [4.69, 9.17) is 9.47 Å². The standard InChI is InChI=1S/C25H34N4O5/c1-5-20(31)24(32)29-14-19(25(3,15-29)16(2)30)17-6-7-21(33-4)22(10-17)34-18-12-28(13-18)23-11-26-8-9-27-23/h6-11,16,18-20,30-31H,5,12-15H2,1-4H3/t16-,19+,20+,25+/m1/s1. The van der Waals surface area contributed by atoms with Gasteiger partial charge in [0.25, 0.3) is 5.91 Å². The molecular formula is C25H34N4O5. The number of amides is 1. The van der Waals surface area contributed by atoms with Gasteiger partial charge in [-0.15, -0.1) is 0 Å². The predicted octanol–water partition coefficient (Wildman–Crippen LogP) is 1.84. The van der Waals surface area contributed by atoms with Crippen LogP contribution in [-0.2, 0) is 4.79 Å². The van der Waals surface area contributed by atoms with Gasteiger partial charge < -0.3 is 29.5 Å². The van der Waals surface area contributed by atoms with Crippen molar-refractivity contribution in [2.24, 2.45) is 5.41 Å². The molecule has 4 atom stereocenters. The summed E-state index contributed by atoms with van der Waals surface area (Å²) in [5.41, 5.74) is 0.402. The first-order valence-electron chi connectivity index (χ1n) is 11.8. The second-order valence-corrected chi connectivity index (χ2v) is 9.50. The normalized spacial score (nSPS) is 24.5. The van der Waals surface area contributed by atoms with E-state index in [9.17, 15) is 15.0 Å². The van der Waals surface area contributed by atoms with E-state index in [0.29, 0.717) is 44.1 Å². The predicted molar refractivity (Wildman–Crippen MR) is 127 cm³/mol. The van der Waals surface area contributed by atoms with Crippen LogP contribution in [0.2, 0.25) is 0 Å². The molecule has 9 heteroatoms. The highest BCUT2D eigenvalue weighted by atomic mass is 16.5. The summed E-state index contributed by atoms with van der Waals surface area (Å²) >= 11 is 0. The zero-order valence-corrected chi connectivity index (χ0v) is 20.2. The van der Waals surface area contributed by atoms with Crippen LogP contribution in [0.5, 0.6) is 11.5 Å². The first-order chi connectivity index (χ1) is 16.3. The van der Waals surface area contributed by atoms with Crippen molar-refractivity contribution in [3.05, 3.63) is 42.4 Å². The summed E-state index contributed by atoms with van der Waals surface area (Å²) in [4.78, 5) is 24.9. The number of aliphatic hydroxyl groups excluding tert-OH is 2. The van der Waals surface area contributed by atoms with Gasteiger partial charge >= 0.3 is 0 Å². The monoisotopic (exact) mass is 470 g/mol. The van der Waals surface area contributed by atoms with Crippen LogP contribution >= 0.6 is 0 Å². The molecule has 1 aromatic carbocycles. The van der Waals surface area contributed by atoms with E-state index < -0.39 is 17.6 Å². The quantitative estimate of drug-likeness (QED) is 0.602. The summed E-state index contributed by atoms with van der Waals surface area (Å²) in [6, 6.07) is 5.80. The topological polar surface area (TPSA) is 108 Å². The number of carbonyl (C=O) groups is 1. The molecule has 2 aromatic rings. The summed E-state index contributed by atoms with van der Waals surface area (Å²) < 4.78 is 11.8. The van der Waals surface area contributed by atoms with Crippen molar-refractivity contribution in [1.82, 2.24) is 14.9 Å². The summed E-state index contributed by atoms with van der Waals surface area (Å²) in [6.07, 6.45) is 3.72. The molecular weight excluding hydrogens is 436 g/mol. The Morgan fingerprint density at radius 3 is 2.62 bits per heavy atom. The summed E-state index contributed by atoms with van der Waals surface area (Å²) in [7, 11) is 1.61. The zero-order valence-electron chi connectivity index (χ0n) is 20.2. The van der Waals surface area contributed by atoms with Gasteiger partial charge in [0, 0.05) is 36.8 Å². The van der Waals surface area contributed by atoms with Gasteiger partial charge in [0.1, 0.15) is 18.0 Å². The van der Waals surface area contributed by atoms with Crippen LogP contribution in [0.3, 0.4) is 0 Å². The van der Waals surface area contributed by atoms with Crippen LogP contribution in [0.4, 0.5) is 5.82 Å². The molecule has 4 rings (SSSR count). The van der Waals surface area contributed by atoms with Crippen LogP contribution in [0.15, 0.2) is 36.8 Å². The van der Waals surface area contributed by atoms with E-state index in [2.05, 4.69) is 14.9 Å². The largest absolute Gasteiger partial charge is 0.493 e. The maximum Gasteiger partial charge on any atom is 0.251 e. The molecule has 2 aliphatic heterocycles. The number of hydrogen-bond acceptors (Lipinski definition) is 8. The van der Waals surface area contributed by atoms with Gasteiger partial charge in [0.05, 0.1) is 32.5 Å². The van der Waals surface area contributed by atoms with Crippen molar-refractivity contribution in [1.29, 1.82) is 0 Å². The molecule has 0 aliphatic carbocycles. The number of anilines is 1. The number of aromatic nitrogens is 2. The molecule has 2 N–H and O–H groups in total. The third kappa shape index (κ3) is 4.54. The average Bonchev–Trinajstić information content (AvgIpc) is 3.19. The van der Waals surface area contributed by atoms with Gasteiger partial charge in [0.15, 0.2) is 11.5 Å². The van der Waals surface area contributed by atoms with Gasteiger partial charge in [-0.1, -0.05) is 19.9 Å². The Morgan fingerprint density at radius 1 is 1.24 bits per heavy atom. The number of nitrogens with zero attached hydrogens (tertiary/aromatic N) is 4.